The molecular formula is C19H27N5O4. The molecule has 0 saturated carbocycles. The van der Waals surface area contributed by atoms with Gasteiger partial charge in [0.2, 0.25) is 11.9 Å². The Hall–Kier alpha value is -2.26. The van der Waals surface area contributed by atoms with Crippen LogP contribution in [-0.4, -0.2) is 65.8 Å². The van der Waals surface area contributed by atoms with E-state index in [0.29, 0.717) is 51.0 Å². The average Bonchev–Trinajstić information content (AvgIpc) is 3.24. The highest BCUT2D eigenvalue weighted by Gasteiger charge is 2.40. The topological polar surface area (TPSA) is 111 Å². The van der Waals surface area contributed by atoms with Gasteiger partial charge in [0, 0.05) is 37.7 Å². The predicted octanol–water partition coefficient (Wildman–Crippen LogP) is 0.751. The highest BCUT2D eigenvalue weighted by atomic mass is 16.7. The molecule has 0 aromatic carbocycles. The van der Waals surface area contributed by atoms with Gasteiger partial charge < -0.3 is 15.4 Å². The van der Waals surface area contributed by atoms with Crippen molar-refractivity contribution in [2.24, 2.45) is 17.6 Å². The molecule has 3 fully saturated rings. The van der Waals surface area contributed by atoms with Crippen molar-refractivity contribution in [1.82, 2.24) is 15.0 Å². The first kappa shape index (κ1) is 19.1. The molecule has 28 heavy (non-hydrogen) atoms. The first-order valence-corrected chi connectivity index (χ1v) is 10.0. The molecule has 4 heterocycles. The third kappa shape index (κ3) is 3.95. The third-order valence-electron chi connectivity index (χ3n) is 5.92. The van der Waals surface area contributed by atoms with Gasteiger partial charge in [-0.15, -0.1) is 0 Å². The zero-order chi connectivity index (χ0) is 19.5. The van der Waals surface area contributed by atoms with E-state index in [1.165, 1.54) is 12.3 Å². The fourth-order valence-electron chi connectivity index (χ4n) is 4.35. The van der Waals surface area contributed by atoms with Gasteiger partial charge in [0.25, 0.3) is 5.91 Å². The SMILES string of the molecule is NC(=O)c1ccnc(N2CCC(C(=O)N3OCCC3C3CCCOC3)CC2)n1. The molecule has 3 aliphatic rings. The maximum absolute atomic E-state index is 13.1. The molecular weight excluding hydrogens is 362 g/mol. The van der Waals surface area contributed by atoms with Crippen LogP contribution in [0.5, 0.6) is 0 Å². The third-order valence-corrected chi connectivity index (χ3v) is 5.92. The Morgan fingerprint density at radius 1 is 1.14 bits per heavy atom. The molecule has 2 unspecified atom stereocenters. The summed E-state index contributed by atoms with van der Waals surface area (Å²) in [6.45, 7) is 3.44. The number of piperidine rings is 1. The fourth-order valence-corrected chi connectivity index (χ4v) is 4.35. The number of hydroxylamine groups is 2. The van der Waals surface area contributed by atoms with Crippen molar-refractivity contribution >= 4 is 17.8 Å². The Balaban J connectivity index is 1.36. The number of carbonyl (C=O) groups is 2. The molecule has 9 heteroatoms. The zero-order valence-electron chi connectivity index (χ0n) is 16.0. The summed E-state index contributed by atoms with van der Waals surface area (Å²) in [5, 5.41) is 1.64. The van der Waals surface area contributed by atoms with Crippen LogP contribution in [0.2, 0.25) is 0 Å². The molecule has 0 bridgehead atoms. The Kier molecular flexibility index (Phi) is 5.72. The number of nitrogens with zero attached hydrogens (tertiary/aromatic N) is 4. The molecule has 4 rings (SSSR count). The van der Waals surface area contributed by atoms with Crippen LogP contribution in [0.3, 0.4) is 0 Å². The molecule has 2 atom stereocenters. The normalized spacial score (nSPS) is 26.4. The molecule has 152 valence electrons. The van der Waals surface area contributed by atoms with Gasteiger partial charge in [0.15, 0.2) is 0 Å². The Morgan fingerprint density at radius 3 is 2.68 bits per heavy atom. The predicted molar refractivity (Wildman–Crippen MR) is 100 cm³/mol. The van der Waals surface area contributed by atoms with Crippen molar-refractivity contribution < 1.29 is 19.2 Å². The molecule has 3 aliphatic heterocycles. The second-order valence-electron chi connectivity index (χ2n) is 7.70. The minimum Gasteiger partial charge on any atom is -0.381 e. The minimum absolute atomic E-state index is 0.0688. The number of hydrogen-bond acceptors (Lipinski definition) is 7. The fraction of sp³-hybridized carbons (Fsp3) is 0.684. The van der Waals surface area contributed by atoms with Gasteiger partial charge in [-0.1, -0.05) is 0 Å². The standard InChI is InChI=1S/C19H27N5O4/c20-17(25)15-3-7-21-19(22-15)23-8-4-13(5-9-23)18(26)24-16(6-11-28-24)14-2-1-10-27-12-14/h3,7,13-14,16H,1-2,4-6,8-12H2,(H2,20,25). The maximum atomic E-state index is 13.1. The molecule has 0 spiro atoms. The van der Waals surface area contributed by atoms with E-state index in [1.54, 1.807) is 5.06 Å². The second-order valence-corrected chi connectivity index (χ2v) is 7.70. The number of amides is 2. The molecule has 1 aromatic heterocycles. The van der Waals surface area contributed by atoms with Crippen molar-refractivity contribution in [3.05, 3.63) is 18.0 Å². The van der Waals surface area contributed by atoms with E-state index in [4.69, 9.17) is 15.3 Å². The lowest BCUT2D eigenvalue weighted by molar-refractivity contribution is -0.188. The maximum Gasteiger partial charge on any atom is 0.267 e. The smallest absolute Gasteiger partial charge is 0.267 e. The van der Waals surface area contributed by atoms with E-state index in [2.05, 4.69) is 9.97 Å². The van der Waals surface area contributed by atoms with E-state index >= 15 is 0 Å². The molecule has 1 aromatic rings. The quantitative estimate of drug-likeness (QED) is 0.809. The van der Waals surface area contributed by atoms with Crippen LogP contribution in [0, 0.1) is 11.8 Å². The lowest BCUT2D eigenvalue weighted by Gasteiger charge is -2.36. The first-order valence-electron chi connectivity index (χ1n) is 10.0. The lowest BCUT2D eigenvalue weighted by atomic mass is 9.90. The summed E-state index contributed by atoms with van der Waals surface area (Å²) in [4.78, 5) is 40.6. The van der Waals surface area contributed by atoms with Gasteiger partial charge >= 0.3 is 0 Å². The molecule has 0 radical (unpaired) electrons. The van der Waals surface area contributed by atoms with Crippen molar-refractivity contribution in [2.45, 2.75) is 38.1 Å². The summed E-state index contributed by atoms with van der Waals surface area (Å²) in [6, 6.07) is 1.63. The Labute approximate surface area is 164 Å². The summed E-state index contributed by atoms with van der Waals surface area (Å²) in [5.41, 5.74) is 5.50. The van der Waals surface area contributed by atoms with Gasteiger partial charge in [-0.05, 0) is 38.2 Å². The Bertz CT molecular complexity index is 716. The van der Waals surface area contributed by atoms with E-state index in [0.717, 1.165) is 25.9 Å². The summed E-state index contributed by atoms with van der Waals surface area (Å²) in [7, 11) is 0. The molecule has 2 N–H and O–H groups in total. The van der Waals surface area contributed by atoms with Crippen LogP contribution in [0.4, 0.5) is 5.95 Å². The van der Waals surface area contributed by atoms with E-state index in [9.17, 15) is 9.59 Å². The first-order chi connectivity index (χ1) is 13.6. The van der Waals surface area contributed by atoms with E-state index in [-0.39, 0.29) is 23.6 Å². The van der Waals surface area contributed by atoms with Crippen molar-refractivity contribution in [1.29, 1.82) is 0 Å². The number of ether oxygens (including phenoxy) is 1. The van der Waals surface area contributed by atoms with Crippen LogP contribution in [0.1, 0.15) is 42.6 Å². The monoisotopic (exact) mass is 389 g/mol. The number of hydrogen-bond donors (Lipinski definition) is 1. The van der Waals surface area contributed by atoms with Crippen molar-refractivity contribution in [2.75, 3.05) is 37.8 Å². The summed E-state index contributed by atoms with van der Waals surface area (Å²) in [6.07, 6.45) is 5.96. The molecule has 2 amide bonds. The van der Waals surface area contributed by atoms with Gasteiger partial charge in [0.05, 0.1) is 19.3 Å². The largest absolute Gasteiger partial charge is 0.381 e. The number of nitrogens with two attached hydrogens (primary N) is 1. The average molecular weight is 389 g/mol. The number of primary amides is 1. The number of aromatic nitrogens is 2. The highest BCUT2D eigenvalue weighted by Crippen LogP contribution is 2.31. The number of carbonyl (C=O) groups excluding carboxylic acids is 2. The lowest BCUT2D eigenvalue weighted by Crippen LogP contribution is -2.47. The molecule has 3 saturated heterocycles. The van der Waals surface area contributed by atoms with Crippen LogP contribution in [0.25, 0.3) is 0 Å². The molecule has 9 nitrogen and oxygen atoms in total. The second kappa shape index (κ2) is 8.40. The van der Waals surface area contributed by atoms with Gasteiger partial charge in [-0.3, -0.25) is 14.4 Å². The van der Waals surface area contributed by atoms with Crippen LogP contribution in [0.15, 0.2) is 12.3 Å². The zero-order valence-corrected chi connectivity index (χ0v) is 16.0. The number of anilines is 1. The summed E-state index contributed by atoms with van der Waals surface area (Å²) >= 11 is 0. The molecule has 0 aliphatic carbocycles. The van der Waals surface area contributed by atoms with Gasteiger partial charge in [-0.2, -0.15) is 0 Å². The van der Waals surface area contributed by atoms with Crippen molar-refractivity contribution in [3.63, 3.8) is 0 Å². The summed E-state index contributed by atoms with van der Waals surface area (Å²) in [5.74, 6) is 0.292. The van der Waals surface area contributed by atoms with Gasteiger partial charge in [0.1, 0.15) is 5.69 Å². The highest BCUT2D eigenvalue weighted by molar-refractivity contribution is 5.90. The van der Waals surface area contributed by atoms with E-state index in [1.807, 2.05) is 4.90 Å². The Morgan fingerprint density at radius 2 is 1.96 bits per heavy atom. The minimum atomic E-state index is -0.572. The number of rotatable bonds is 4. The van der Waals surface area contributed by atoms with E-state index < -0.39 is 5.91 Å². The summed E-state index contributed by atoms with van der Waals surface area (Å²) < 4.78 is 5.61. The van der Waals surface area contributed by atoms with Crippen LogP contribution in [-0.2, 0) is 14.4 Å². The van der Waals surface area contributed by atoms with Crippen LogP contribution >= 0.6 is 0 Å². The van der Waals surface area contributed by atoms with Gasteiger partial charge in [-0.25, -0.2) is 15.0 Å². The van der Waals surface area contributed by atoms with Crippen molar-refractivity contribution in [3.8, 4) is 0 Å². The van der Waals surface area contributed by atoms with Crippen LogP contribution < -0.4 is 10.6 Å².